The Balaban J connectivity index is 1.64. The number of carboxylic acid groups (broad SMARTS) is 1. The lowest BCUT2D eigenvalue weighted by Crippen LogP contribution is -2.52. The molecule has 174 valence electrons. The number of benzene rings is 2. The molecule has 2 aromatic carbocycles. The Morgan fingerprint density at radius 3 is 2.30 bits per heavy atom. The first-order chi connectivity index (χ1) is 15.9. The molecule has 1 aliphatic rings. The number of Topliss-reactive ketones (excluding diaryl/α,β-unsaturated/α-hetero) is 1. The van der Waals surface area contributed by atoms with Crippen LogP contribution in [0.1, 0.15) is 35.7 Å². The first-order valence-electron chi connectivity index (χ1n) is 11.1. The number of aliphatic carboxylic acids is 1. The van der Waals surface area contributed by atoms with Crippen LogP contribution in [0, 0.1) is 0 Å². The molecule has 1 aliphatic heterocycles. The smallest absolute Gasteiger partial charge is 0.326 e. The maximum atomic E-state index is 13.0. The number of rotatable bonds is 10. The molecule has 1 fully saturated rings. The standard InChI is InChI=1S/C25H29N3O5/c1-17(24(31)28-14-8-13-21(28)25(32)33)26-16-22(29)20(15-18-9-4-2-5-10-18)27-23(30)19-11-6-3-7-12-19/h2-7,9-12,17,20-21,26H,8,13-16H2,1H3,(H,27,30)(H,32,33). The fourth-order valence-electron chi connectivity index (χ4n) is 3.93. The normalized spacial score (nSPS) is 17.2. The lowest BCUT2D eigenvalue weighted by atomic mass is 10.0. The fraction of sp³-hybridized carbons (Fsp3) is 0.360. The molecule has 0 bridgehead atoms. The summed E-state index contributed by atoms with van der Waals surface area (Å²) in [6.07, 6.45) is 1.38. The second-order valence-electron chi connectivity index (χ2n) is 8.18. The number of hydrogen-bond acceptors (Lipinski definition) is 5. The highest BCUT2D eigenvalue weighted by Gasteiger charge is 2.36. The van der Waals surface area contributed by atoms with Crippen LogP contribution in [0.2, 0.25) is 0 Å². The van der Waals surface area contributed by atoms with Crippen molar-refractivity contribution < 1.29 is 24.3 Å². The Kier molecular flexibility index (Phi) is 8.32. The van der Waals surface area contributed by atoms with Gasteiger partial charge < -0.3 is 15.3 Å². The lowest BCUT2D eigenvalue weighted by molar-refractivity contribution is -0.148. The lowest BCUT2D eigenvalue weighted by Gasteiger charge is -2.26. The van der Waals surface area contributed by atoms with Crippen molar-refractivity contribution in [3.05, 3.63) is 71.8 Å². The van der Waals surface area contributed by atoms with Gasteiger partial charge in [0.1, 0.15) is 6.04 Å². The number of ketones is 1. The van der Waals surface area contributed by atoms with E-state index in [0.29, 0.717) is 31.4 Å². The Labute approximate surface area is 193 Å². The third-order valence-corrected chi connectivity index (χ3v) is 5.79. The van der Waals surface area contributed by atoms with Crippen LogP contribution in [0.4, 0.5) is 0 Å². The van der Waals surface area contributed by atoms with Crippen molar-refractivity contribution in [1.82, 2.24) is 15.5 Å². The first-order valence-corrected chi connectivity index (χ1v) is 11.1. The van der Waals surface area contributed by atoms with E-state index in [1.165, 1.54) is 4.90 Å². The molecule has 0 spiro atoms. The largest absolute Gasteiger partial charge is 0.480 e. The molecule has 2 aromatic rings. The minimum absolute atomic E-state index is 0.134. The number of likely N-dealkylation sites (tertiary alicyclic amines) is 1. The molecule has 1 heterocycles. The maximum Gasteiger partial charge on any atom is 0.326 e. The molecule has 0 aromatic heterocycles. The summed E-state index contributed by atoms with van der Waals surface area (Å²) >= 11 is 0. The molecular weight excluding hydrogens is 422 g/mol. The van der Waals surface area contributed by atoms with Gasteiger partial charge >= 0.3 is 5.97 Å². The summed E-state index contributed by atoms with van der Waals surface area (Å²) in [6.45, 7) is 1.87. The van der Waals surface area contributed by atoms with Crippen LogP contribution < -0.4 is 10.6 Å². The Morgan fingerprint density at radius 1 is 1.03 bits per heavy atom. The third kappa shape index (κ3) is 6.49. The zero-order valence-electron chi connectivity index (χ0n) is 18.6. The van der Waals surface area contributed by atoms with Gasteiger partial charge in [-0.1, -0.05) is 48.5 Å². The molecule has 0 radical (unpaired) electrons. The summed E-state index contributed by atoms with van der Waals surface area (Å²) in [4.78, 5) is 51.2. The van der Waals surface area contributed by atoms with Crippen LogP contribution in [0.15, 0.2) is 60.7 Å². The topological polar surface area (TPSA) is 116 Å². The number of carbonyl (C=O) groups excluding carboxylic acids is 3. The van der Waals surface area contributed by atoms with Crippen molar-refractivity contribution in [2.75, 3.05) is 13.1 Å². The van der Waals surface area contributed by atoms with Crippen LogP contribution >= 0.6 is 0 Å². The average Bonchev–Trinajstić information content (AvgIpc) is 3.33. The maximum absolute atomic E-state index is 13.0. The van der Waals surface area contributed by atoms with Crippen LogP contribution in [0.3, 0.4) is 0 Å². The fourth-order valence-corrected chi connectivity index (χ4v) is 3.93. The number of carboxylic acids is 1. The Morgan fingerprint density at radius 2 is 1.67 bits per heavy atom. The summed E-state index contributed by atoms with van der Waals surface area (Å²) in [7, 11) is 0. The number of nitrogens with zero attached hydrogens (tertiary/aromatic N) is 1. The molecule has 0 saturated carbocycles. The highest BCUT2D eigenvalue weighted by atomic mass is 16.4. The van der Waals surface area contributed by atoms with Gasteiger partial charge in [0.2, 0.25) is 5.91 Å². The van der Waals surface area contributed by atoms with Gasteiger partial charge in [0.15, 0.2) is 5.78 Å². The number of hydrogen-bond donors (Lipinski definition) is 3. The monoisotopic (exact) mass is 451 g/mol. The molecule has 3 N–H and O–H groups in total. The summed E-state index contributed by atoms with van der Waals surface area (Å²) < 4.78 is 0. The zero-order chi connectivity index (χ0) is 23.8. The number of carbonyl (C=O) groups is 4. The van der Waals surface area contributed by atoms with Crippen molar-refractivity contribution in [3.8, 4) is 0 Å². The van der Waals surface area contributed by atoms with E-state index < -0.39 is 24.1 Å². The van der Waals surface area contributed by atoms with E-state index in [1.807, 2.05) is 30.3 Å². The van der Waals surface area contributed by atoms with Crippen molar-refractivity contribution in [2.45, 2.75) is 44.3 Å². The van der Waals surface area contributed by atoms with Crippen LogP contribution in [0.5, 0.6) is 0 Å². The minimum Gasteiger partial charge on any atom is -0.480 e. The summed E-state index contributed by atoms with van der Waals surface area (Å²) in [5.74, 6) is -1.98. The second kappa shape index (κ2) is 11.4. The Hall–Kier alpha value is -3.52. The first kappa shape index (κ1) is 24.1. The SMILES string of the molecule is CC(NCC(=O)C(Cc1ccccc1)NC(=O)c1ccccc1)C(=O)N1CCCC1C(=O)O. The van der Waals surface area contributed by atoms with Gasteiger partial charge in [-0.15, -0.1) is 0 Å². The van der Waals surface area contributed by atoms with Gasteiger partial charge in [-0.3, -0.25) is 19.7 Å². The molecule has 8 heteroatoms. The van der Waals surface area contributed by atoms with Crippen LogP contribution in [-0.4, -0.2) is 64.8 Å². The molecule has 2 amide bonds. The highest BCUT2D eigenvalue weighted by molar-refractivity contribution is 5.98. The van der Waals surface area contributed by atoms with Gasteiger partial charge in [-0.05, 0) is 43.9 Å². The second-order valence-corrected chi connectivity index (χ2v) is 8.18. The van der Waals surface area contributed by atoms with Gasteiger partial charge in [0, 0.05) is 12.1 Å². The summed E-state index contributed by atoms with van der Waals surface area (Å²) in [5, 5.41) is 15.0. The predicted octanol–water partition coefficient (Wildman–Crippen LogP) is 1.65. The van der Waals surface area contributed by atoms with E-state index in [0.717, 1.165) is 5.56 Å². The highest BCUT2D eigenvalue weighted by Crippen LogP contribution is 2.18. The zero-order valence-corrected chi connectivity index (χ0v) is 18.6. The Bertz CT molecular complexity index is 980. The van der Waals surface area contributed by atoms with E-state index >= 15 is 0 Å². The molecule has 0 aliphatic carbocycles. The van der Waals surface area contributed by atoms with Crippen molar-refractivity contribution >= 4 is 23.6 Å². The van der Waals surface area contributed by atoms with Crippen LogP contribution in [0.25, 0.3) is 0 Å². The quantitative estimate of drug-likeness (QED) is 0.506. The van der Waals surface area contributed by atoms with Crippen molar-refractivity contribution in [3.63, 3.8) is 0 Å². The van der Waals surface area contributed by atoms with Gasteiger partial charge in [-0.25, -0.2) is 4.79 Å². The van der Waals surface area contributed by atoms with E-state index in [-0.39, 0.29) is 24.1 Å². The molecule has 1 saturated heterocycles. The molecule has 3 rings (SSSR count). The average molecular weight is 452 g/mol. The van der Waals surface area contributed by atoms with Gasteiger partial charge in [-0.2, -0.15) is 0 Å². The number of nitrogens with one attached hydrogen (secondary N) is 2. The summed E-state index contributed by atoms with van der Waals surface area (Å²) in [6, 6.07) is 15.7. The predicted molar refractivity (Wildman–Crippen MR) is 123 cm³/mol. The third-order valence-electron chi connectivity index (χ3n) is 5.79. The van der Waals surface area contributed by atoms with E-state index in [9.17, 15) is 24.3 Å². The van der Waals surface area contributed by atoms with Crippen LogP contribution in [-0.2, 0) is 20.8 Å². The van der Waals surface area contributed by atoms with Crippen molar-refractivity contribution in [1.29, 1.82) is 0 Å². The number of amides is 2. The molecule has 8 nitrogen and oxygen atoms in total. The van der Waals surface area contributed by atoms with E-state index in [1.54, 1.807) is 37.3 Å². The van der Waals surface area contributed by atoms with Crippen molar-refractivity contribution in [2.24, 2.45) is 0 Å². The summed E-state index contributed by atoms with van der Waals surface area (Å²) in [5.41, 5.74) is 1.35. The van der Waals surface area contributed by atoms with E-state index in [4.69, 9.17) is 0 Å². The molecule has 3 unspecified atom stereocenters. The molecule has 3 atom stereocenters. The van der Waals surface area contributed by atoms with Gasteiger partial charge in [0.05, 0.1) is 18.6 Å². The van der Waals surface area contributed by atoms with E-state index in [2.05, 4.69) is 10.6 Å². The minimum atomic E-state index is -1.02. The molecule has 33 heavy (non-hydrogen) atoms. The molecular formula is C25H29N3O5. The van der Waals surface area contributed by atoms with Gasteiger partial charge in [0.25, 0.3) is 5.91 Å².